The molecule has 1 atom stereocenters. The van der Waals surface area contributed by atoms with Gasteiger partial charge in [-0.05, 0) is 29.3 Å². The zero-order valence-electron chi connectivity index (χ0n) is 14.0. The molecular formula is C19H20N2O4. The molecule has 2 N–H and O–H groups in total. The zero-order valence-corrected chi connectivity index (χ0v) is 14.0. The first-order valence-electron chi connectivity index (χ1n) is 8.33. The molecule has 2 aliphatic rings. The largest absolute Gasteiger partial charge is 0.493 e. The molecule has 0 bridgehead atoms. The monoisotopic (exact) mass is 340 g/mol. The standard InChI is InChI=1S/C19H20N2O4/c1-21-7-9-24-18-11-13(3-5-15(18)21)12-2-4-14-16(25-19(20)22)6-8-23-17(14)10-12/h2-5,10-11,16H,6-9H2,1H3,(H2,20,22). The highest BCUT2D eigenvalue weighted by molar-refractivity contribution is 5.73. The van der Waals surface area contributed by atoms with Crippen LogP contribution < -0.4 is 20.1 Å². The Bertz CT molecular complexity index is 821. The fraction of sp³-hybridized carbons (Fsp3) is 0.316. The van der Waals surface area contributed by atoms with Crippen molar-refractivity contribution in [3.8, 4) is 22.6 Å². The summed E-state index contributed by atoms with van der Waals surface area (Å²) in [4.78, 5) is 13.3. The van der Waals surface area contributed by atoms with E-state index in [0.29, 0.717) is 19.6 Å². The molecule has 0 radical (unpaired) electrons. The second kappa shape index (κ2) is 6.20. The van der Waals surface area contributed by atoms with Crippen molar-refractivity contribution in [2.75, 3.05) is 31.7 Å². The lowest BCUT2D eigenvalue weighted by atomic mass is 9.97. The molecule has 6 nitrogen and oxygen atoms in total. The summed E-state index contributed by atoms with van der Waals surface area (Å²) < 4.78 is 16.7. The average molecular weight is 340 g/mol. The van der Waals surface area contributed by atoms with Crippen LogP contribution in [0.2, 0.25) is 0 Å². The number of nitrogens with two attached hydrogens (primary N) is 1. The molecule has 0 aliphatic carbocycles. The van der Waals surface area contributed by atoms with Gasteiger partial charge < -0.3 is 24.8 Å². The summed E-state index contributed by atoms with van der Waals surface area (Å²) >= 11 is 0. The number of hydrogen-bond acceptors (Lipinski definition) is 5. The summed E-state index contributed by atoms with van der Waals surface area (Å²) in [6.07, 6.45) is -0.511. The lowest BCUT2D eigenvalue weighted by Crippen LogP contribution is -2.28. The van der Waals surface area contributed by atoms with E-state index in [0.717, 1.165) is 40.4 Å². The number of amides is 1. The predicted molar refractivity (Wildman–Crippen MR) is 94.2 cm³/mol. The zero-order chi connectivity index (χ0) is 17.4. The molecule has 25 heavy (non-hydrogen) atoms. The minimum absolute atomic E-state index is 0.351. The molecule has 2 aromatic carbocycles. The Morgan fingerprint density at radius 2 is 1.84 bits per heavy atom. The van der Waals surface area contributed by atoms with Crippen LogP contribution in [0, 0.1) is 0 Å². The normalized spacial score (nSPS) is 18.4. The van der Waals surface area contributed by atoms with Gasteiger partial charge in [0.25, 0.3) is 0 Å². The number of carbonyl (C=O) groups is 1. The number of nitrogens with zero attached hydrogens (tertiary/aromatic N) is 1. The Morgan fingerprint density at radius 1 is 1.12 bits per heavy atom. The average Bonchev–Trinajstić information content (AvgIpc) is 2.61. The Morgan fingerprint density at radius 3 is 2.64 bits per heavy atom. The van der Waals surface area contributed by atoms with Crippen molar-refractivity contribution in [3.05, 3.63) is 42.0 Å². The molecule has 2 aliphatic heterocycles. The number of likely N-dealkylation sites (N-methyl/N-ethyl adjacent to an activating group) is 1. The third kappa shape index (κ3) is 2.95. The van der Waals surface area contributed by atoms with Crippen LogP contribution in [0.25, 0.3) is 11.1 Å². The quantitative estimate of drug-likeness (QED) is 0.909. The van der Waals surface area contributed by atoms with Crippen LogP contribution in [0.1, 0.15) is 18.1 Å². The first kappa shape index (κ1) is 15.6. The molecule has 0 saturated heterocycles. The van der Waals surface area contributed by atoms with Crippen LogP contribution in [0.4, 0.5) is 10.5 Å². The Kier molecular flexibility index (Phi) is 3.87. The minimum Gasteiger partial charge on any atom is -0.493 e. The second-order valence-electron chi connectivity index (χ2n) is 6.27. The van der Waals surface area contributed by atoms with E-state index in [9.17, 15) is 4.79 Å². The van der Waals surface area contributed by atoms with E-state index in [1.165, 1.54) is 0 Å². The Balaban J connectivity index is 1.67. The van der Waals surface area contributed by atoms with Gasteiger partial charge in [-0.2, -0.15) is 0 Å². The third-order valence-electron chi connectivity index (χ3n) is 4.65. The van der Waals surface area contributed by atoms with E-state index in [2.05, 4.69) is 24.1 Å². The van der Waals surface area contributed by atoms with Crippen LogP contribution in [0.15, 0.2) is 36.4 Å². The summed E-state index contributed by atoms with van der Waals surface area (Å²) in [6.45, 7) is 2.07. The van der Waals surface area contributed by atoms with Crippen LogP contribution >= 0.6 is 0 Å². The number of rotatable bonds is 2. The van der Waals surface area contributed by atoms with E-state index in [4.69, 9.17) is 19.9 Å². The van der Waals surface area contributed by atoms with Crippen molar-refractivity contribution in [1.29, 1.82) is 0 Å². The molecular weight excluding hydrogens is 320 g/mol. The molecule has 0 saturated carbocycles. The summed E-state index contributed by atoms with van der Waals surface area (Å²) in [5.41, 5.74) is 9.18. The minimum atomic E-state index is -0.766. The van der Waals surface area contributed by atoms with Crippen LogP contribution in [-0.4, -0.2) is 32.9 Å². The summed E-state index contributed by atoms with van der Waals surface area (Å²) in [6, 6.07) is 12.1. The molecule has 2 heterocycles. The van der Waals surface area contributed by atoms with Crippen molar-refractivity contribution in [1.82, 2.24) is 0 Å². The fourth-order valence-corrected chi connectivity index (χ4v) is 3.34. The summed E-state index contributed by atoms with van der Waals surface area (Å²) in [5, 5.41) is 0. The van der Waals surface area contributed by atoms with Gasteiger partial charge in [-0.3, -0.25) is 0 Å². The first-order chi connectivity index (χ1) is 12.1. The van der Waals surface area contributed by atoms with Gasteiger partial charge in [0.15, 0.2) is 0 Å². The van der Waals surface area contributed by atoms with Gasteiger partial charge in [0.2, 0.25) is 0 Å². The van der Waals surface area contributed by atoms with E-state index >= 15 is 0 Å². The van der Waals surface area contributed by atoms with Gasteiger partial charge in [-0.1, -0.05) is 18.2 Å². The Hall–Kier alpha value is -2.89. The molecule has 0 spiro atoms. The van der Waals surface area contributed by atoms with Gasteiger partial charge in [-0.25, -0.2) is 4.79 Å². The fourth-order valence-electron chi connectivity index (χ4n) is 3.34. The van der Waals surface area contributed by atoms with E-state index in [1.54, 1.807) is 0 Å². The van der Waals surface area contributed by atoms with Crippen molar-refractivity contribution in [3.63, 3.8) is 0 Å². The maximum atomic E-state index is 11.1. The van der Waals surface area contributed by atoms with Crippen LogP contribution in [-0.2, 0) is 4.74 Å². The highest BCUT2D eigenvalue weighted by Gasteiger charge is 2.25. The number of fused-ring (bicyclic) bond motifs is 2. The van der Waals surface area contributed by atoms with Crippen LogP contribution in [0.5, 0.6) is 11.5 Å². The van der Waals surface area contributed by atoms with Gasteiger partial charge in [0.05, 0.1) is 18.8 Å². The maximum Gasteiger partial charge on any atom is 0.405 e. The number of primary amides is 1. The molecule has 1 unspecified atom stereocenters. The predicted octanol–water partition coefficient (Wildman–Crippen LogP) is 3.10. The number of hydrogen-bond donors (Lipinski definition) is 1. The third-order valence-corrected chi connectivity index (χ3v) is 4.65. The van der Waals surface area contributed by atoms with Crippen molar-refractivity contribution in [2.24, 2.45) is 5.73 Å². The SMILES string of the molecule is CN1CCOc2cc(-c3ccc4c(c3)OCCC4OC(N)=O)ccc21. The van der Waals surface area contributed by atoms with Crippen LogP contribution in [0.3, 0.4) is 0 Å². The topological polar surface area (TPSA) is 74.0 Å². The highest BCUT2D eigenvalue weighted by Crippen LogP contribution is 2.39. The molecule has 130 valence electrons. The second-order valence-corrected chi connectivity index (χ2v) is 6.27. The molecule has 6 heteroatoms. The number of carbonyl (C=O) groups excluding carboxylic acids is 1. The molecule has 2 aromatic rings. The summed E-state index contributed by atoms with van der Waals surface area (Å²) in [5.74, 6) is 1.62. The van der Waals surface area contributed by atoms with E-state index in [-0.39, 0.29) is 6.10 Å². The maximum absolute atomic E-state index is 11.1. The van der Waals surface area contributed by atoms with Gasteiger partial charge in [0, 0.05) is 19.0 Å². The van der Waals surface area contributed by atoms with Crippen molar-refractivity contribution >= 4 is 11.8 Å². The molecule has 1 amide bonds. The van der Waals surface area contributed by atoms with Gasteiger partial charge in [0.1, 0.15) is 24.2 Å². The van der Waals surface area contributed by atoms with Gasteiger partial charge >= 0.3 is 6.09 Å². The van der Waals surface area contributed by atoms with E-state index in [1.807, 2.05) is 24.3 Å². The Labute approximate surface area is 146 Å². The van der Waals surface area contributed by atoms with Gasteiger partial charge in [-0.15, -0.1) is 0 Å². The van der Waals surface area contributed by atoms with E-state index < -0.39 is 6.09 Å². The first-order valence-corrected chi connectivity index (χ1v) is 8.33. The molecule has 0 aromatic heterocycles. The van der Waals surface area contributed by atoms with Crippen molar-refractivity contribution < 1.29 is 19.0 Å². The lowest BCUT2D eigenvalue weighted by molar-refractivity contribution is 0.0766. The number of anilines is 1. The lowest BCUT2D eigenvalue weighted by Gasteiger charge is -2.28. The number of ether oxygens (including phenoxy) is 3. The van der Waals surface area contributed by atoms with Crippen molar-refractivity contribution in [2.45, 2.75) is 12.5 Å². The number of benzene rings is 2. The molecule has 4 rings (SSSR count). The smallest absolute Gasteiger partial charge is 0.405 e. The molecule has 0 fully saturated rings. The highest BCUT2D eigenvalue weighted by atomic mass is 16.6. The summed E-state index contributed by atoms with van der Waals surface area (Å²) in [7, 11) is 2.06.